The molecule has 1 unspecified atom stereocenters. The fraction of sp³-hybridized carbons (Fsp3) is 0.467. The Bertz CT molecular complexity index is 487. The number of benzene rings is 1. The lowest BCUT2D eigenvalue weighted by atomic mass is 10.1. The van der Waals surface area contributed by atoms with Crippen molar-refractivity contribution in [2.24, 2.45) is 5.92 Å². The molecule has 0 radical (unpaired) electrons. The Kier molecular flexibility index (Phi) is 5.01. The summed E-state index contributed by atoms with van der Waals surface area (Å²) >= 11 is 5.64. The molecule has 1 aliphatic rings. The van der Waals surface area contributed by atoms with Gasteiger partial charge in [0.2, 0.25) is 11.8 Å². The predicted octanol–water partition coefficient (Wildman–Crippen LogP) is 2.30. The summed E-state index contributed by atoms with van der Waals surface area (Å²) in [6.07, 6.45) is 1.56. The van der Waals surface area contributed by atoms with E-state index in [1.165, 1.54) is 0 Å². The minimum Gasteiger partial charge on any atom is -0.352 e. The van der Waals surface area contributed by atoms with Gasteiger partial charge < -0.3 is 10.2 Å². The van der Waals surface area contributed by atoms with Gasteiger partial charge in [-0.2, -0.15) is 0 Å². The van der Waals surface area contributed by atoms with Gasteiger partial charge in [-0.15, -0.1) is 11.6 Å². The van der Waals surface area contributed by atoms with Crippen molar-refractivity contribution >= 4 is 29.1 Å². The molecule has 1 saturated heterocycles. The van der Waals surface area contributed by atoms with Gasteiger partial charge in [-0.05, 0) is 24.1 Å². The first-order valence-corrected chi connectivity index (χ1v) is 7.38. The number of nitrogens with one attached hydrogen (secondary N) is 1. The number of amides is 2. The monoisotopic (exact) mass is 294 g/mol. The summed E-state index contributed by atoms with van der Waals surface area (Å²) in [5, 5.41) is 2.84. The van der Waals surface area contributed by atoms with E-state index >= 15 is 0 Å². The number of alkyl halides is 1. The van der Waals surface area contributed by atoms with Crippen molar-refractivity contribution in [2.75, 3.05) is 17.3 Å². The smallest absolute Gasteiger partial charge is 0.227 e. The predicted molar refractivity (Wildman–Crippen MR) is 79.8 cm³/mol. The van der Waals surface area contributed by atoms with Crippen LogP contribution in [-0.2, 0) is 16.1 Å². The van der Waals surface area contributed by atoms with Crippen molar-refractivity contribution in [1.29, 1.82) is 0 Å². The third-order valence-corrected chi connectivity index (χ3v) is 3.93. The molecule has 1 N–H and O–H groups in total. The molecule has 0 spiro atoms. The Hall–Kier alpha value is -1.55. The normalized spacial score (nSPS) is 16.3. The number of hydrogen-bond donors (Lipinski definition) is 1. The van der Waals surface area contributed by atoms with Crippen LogP contribution in [0.15, 0.2) is 24.3 Å². The number of rotatable bonds is 5. The second kappa shape index (κ2) is 6.75. The van der Waals surface area contributed by atoms with Crippen LogP contribution in [0.2, 0.25) is 0 Å². The van der Waals surface area contributed by atoms with Crippen molar-refractivity contribution in [3.05, 3.63) is 29.8 Å². The fourth-order valence-electron chi connectivity index (χ4n) is 2.15. The molecule has 0 bridgehead atoms. The second-order valence-electron chi connectivity index (χ2n) is 5.09. The lowest BCUT2D eigenvalue weighted by Crippen LogP contribution is -2.29. The summed E-state index contributed by atoms with van der Waals surface area (Å²) in [5.74, 6) is 0.279. The maximum atomic E-state index is 11.6. The van der Waals surface area contributed by atoms with Gasteiger partial charge in [0.25, 0.3) is 0 Å². The zero-order valence-electron chi connectivity index (χ0n) is 11.6. The first kappa shape index (κ1) is 14.9. The molecule has 2 amide bonds. The van der Waals surface area contributed by atoms with Gasteiger partial charge in [-0.1, -0.05) is 19.1 Å². The highest BCUT2D eigenvalue weighted by atomic mass is 35.5. The number of carbonyl (C=O) groups is 2. The number of hydrogen-bond acceptors (Lipinski definition) is 2. The molecule has 108 valence electrons. The minimum atomic E-state index is -0.182. The largest absolute Gasteiger partial charge is 0.352 e. The highest BCUT2D eigenvalue weighted by molar-refractivity contribution is 6.19. The summed E-state index contributed by atoms with van der Waals surface area (Å²) < 4.78 is 0. The first-order valence-electron chi connectivity index (χ1n) is 6.85. The van der Waals surface area contributed by atoms with E-state index in [-0.39, 0.29) is 17.7 Å². The Balaban J connectivity index is 1.92. The summed E-state index contributed by atoms with van der Waals surface area (Å²) in [5.41, 5.74) is 1.94. The van der Waals surface area contributed by atoms with Crippen LogP contribution in [0.5, 0.6) is 0 Å². The molecule has 1 aliphatic heterocycles. The van der Waals surface area contributed by atoms with Gasteiger partial charge in [-0.3, -0.25) is 9.59 Å². The van der Waals surface area contributed by atoms with Gasteiger partial charge in [-0.25, -0.2) is 0 Å². The second-order valence-corrected chi connectivity index (χ2v) is 5.40. The first-order chi connectivity index (χ1) is 9.61. The minimum absolute atomic E-state index is 0.0428. The highest BCUT2D eigenvalue weighted by Crippen LogP contribution is 2.21. The quantitative estimate of drug-likeness (QED) is 0.847. The van der Waals surface area contributed by atoms with Crippen LogP contribution >= 0.6 is 11.6 Å². The molecule has 5 heteroatoms. The van der Waals surface area contributed by atoms with Crippen LogP contribution in [0.3, 0.4) is 0 Å². The molecule has 1 aromatic carbocycles. The van der Waals surface area contributed by atoms with E-state index in [0.29, 0.717) is 18.8 Å². The van der Waals surface area contributed by atoms with E-state index in [0.717, 1.165) is 24.2 Å². The number of anilines is 1. The fourth-order valence-corrected chi connectivity index (χ4v) is 2.29. The molecule has 2 rings (SSSR count). The third kappa shape index (κ3) is 3.51. The Morgan fingerprint density at radius 3 is 2.65 bits per heavy atom. The van der Waals surface area contributed by atoms with Crippen molar-refractivity contribution in [3.8, 4) is 0 Å². The summed E-state index contributed by atoms with van der Waals surface area (Å²) in [6.45, 7) is 3.07. The van der Waals surface area contributed by atoms with Crippen molar-refractivity contribution in [3.63, 3.8) is 0 Å². The van der Waals surface area contributed by atoms with Crippen LogP contribution in [-0.4, -0.2) is 24.2 Å². The van der Waals surface area contributed by atoms with Crippen molar-refractivity contribution < 1.29 is 9.59 Å². The number of nitrogens with zero attached hydrogens (tertiary/aromatic N) is 1. The summed E-state index contributed by atoms with van der Waals surface area (Å²) in [6, 6.07) is 7.73. The molecule has 1 atom stereocenters. The van der Waals surface area contributed by atoms with Gasteiger partial charge in [0.1, 0.15) is 0 Å². The van der Waals surface area contributed by atoms with Crippen LogP contribution in [0, 0.1) is 5.92 Å². The number of halogens is 1. The summed E-state index contributed by atoms with van der Waals surface area (Å²) in [4.78, 5) is 25.1. The van der Waals surface area contributed by atoms with Crippen molar-refractivity contribution in [2.45, 2.75) is 26.3 Å². The lowest BCUT2D eigenvalue weighted by molar-refractivity contribution is -0.124. The molecule has 20 heavy (non-hydrogen) atoms. The zero-order valence-corrected chi connectivity index (χ0v) is 12.3. The van der Waals surface area contributed by atoms with E-state index < -0.39 is 0 Å². The molecule has 1 aromatic rings. The van der Waals surface area contributed by atoms with Gasteiger partial charge in [0.15, 0.2) is 0 Å². The van der Waals surface area contributed by atoms with Gasteiger partial charge in [0.05, 0.1) is 0 Å². The maximum absolute atomic E-state index is 11.6. The van der Waals surface area contributed by atoms with E-state index in [2.05, 4.69) is 5.32 Å². The molecule has 1 heterocycles. The Morgan fingerprint density at radius 1 is 1.40 bits per heavy atom. The van der Waals surface area contributed by atoms with E-state index in [9.17, 15) is 9.59 Å². The van der Waals surface area contributed by atoms with E-state index in [1.54, 1.807) is 11.8 Å². The van der Waals surface area contributed by atoms with Gasteiger partial charge in [0, 0.05) is 37.0 Å². The van der Waals surface area contributed by atoms with E-state index in [4.69, 9.17) is 11.6 Å². The molecule has 0 aromatic heterocycles. The molecule has 0 aliphatic carbocycles. The summed E-state index contributed by atoms with van der Waals surface area (Å²) in [7, 11) is 0. The standard InChI is InChI=1S/C15H19ClN2O2/c1-11(9-16)15(20)17-10-12-4-6-13(7-5-12)18-8-2-3-14(18)19/h4-7,11H,2-3,8-10H2,1H3,(H,17,20). The zero-order chi connectivity index (χ0) is 14.5. The van der Waals surface area contributed by atoms with Gasteiger partial charge >= 0.3 is 0 Å². The Morgan fingerprint density at radius 2 is 2.10 bits per heavy atom. The van der Waals surface area contributed by atoms with Crippen LogP contribution in [0.4, 0.5) is 5.69 Å². The van der Waals surface area contributed by atoms with Crippen molar-refractivity contribution in [1.82, 2.24) is 5.32 Å². The van der Waals surface area contributed by atoms with Crippen LogP contribution in [0.1, 0.15) is 25.3 Å². The topological polar surface area (TPSA) is 49.4 Å². The highest BCUT2D eigenvalue weighted by Gasteiger charge is 2.21. The molecule has 1 fully saturated rings. The third-order valence-electron chi connectivity index (χ3n) is 3.47. The molecule has 0 saturated carbocycles. The lowest BCUT2D eigenvalue weighted by Gasteiger charge is -2.16. The maximum Gasteiger partial charge on any atom is 0.227 e. The average Bonchev–Trinajstić information content (AvgIpc) is 2.90. The molecular weight excluding hydrogens is 276 g/mol. The number of carbonyl (C=O) groups excluding carboxylic acids is 2. The Labute approximate surface area is 124 Å². The average molecular weight is 295 g/mol. The van der Waals surface area contributed by atoms with E-state index in [1.807, 2.05) is 24.3 Å². The molecule has 4 nitrogen and oxygen atoms in total. The van der Waals surface area contributed by atoms with Crippen LogP contribution in [0.25, 0.3) is 0 Å². The van der Waals surface area contributed by atoms with Crippen LogP contribution < -0.4 is 10.2 Å². The SMILES string of the molecule is CC(CCl)C(=O)NCc1ccc(N2CCCC2=O)cc1. The molecular formula is C15H19ClN2O2.